The quantitative estimate of drug-likeness (QED) is 0.868. The Hall–Kier alpha value is -1.62. The predicted molar refractivity (Wildman–Crippen MR) is 99.4 cm³/mol. The minimum atomic E-state index is -0.0537. The Kier molecular flexibility index (Phi) is 4.44. The lowest BCUT2D eigenvalue weighted by Gasteiger charge is -2.47. The maximum Gasteiger partial charge on any atom is 0.261 e. The second-order valence-electron chi connectivity index (χ2n) is 7.83. The molecule has 1 aromatic rings. The van der Waals surface area contributed by atoms with Gasteiger partial charge >= 0.3 is 0 Å². The van der Waals surface area contributed by atoms with Crippen LogP contribution < -0.4 is 5.32 Å². The van der Waals surface area contributed by atoms with E-state index in [1.54, 1.807) is 0 Å². The van der Waals surface area contributed by atoms with Gasteiger partial charge in [-0.2, -0.15) is 0 Å². The molecule has 2 amide bonds. The predicted octanol–water partition coefficient (Wildman–Crippen LogP) is 3.87. The first-order chi connectivity index (χ1) is 12.1. The number of hydrogen-bond donors (Lipinski definition) is 1. The summed E-state index contributed by atoms with van der Waals surface area (Å²) in [4.78, 5) is 28.0. The molecule has 4 rings (SSSR count). The van der Waals surface area contributed by atoms with E-state index in [2.05, 4.69) is 16.3 Å². The van der Waals surface area contributed by atoms with Crippen LogP contribution in [0.3, 0.4) is 0 Å². The van der Waals surface area contributed by atoms with Crippen LogP contribution in [-0.2, 0) is 4.79 Å². The Bertz CT molecular complexity index is 719. The van der Waals surface area contributed by atoms with Crippen molar-refractivity contribution in [3.8, 4) is 0 Å². The molecule has 0 bridgehead atoms. The number of nitrogens with one attached hydrogen (secondary N) is 1. The van der Waals surface area contributed by atoms with E-state index >= 15 is 0 Å². The highest BCUT2D eigenvalue weighted by atomic mass is 32.1. The number of hydrogen-bond acceptors (Lipinski definition) is 3. The Labute approximate surface area is 153 Å². The summed E-state index contributed by atoms with van der Waals surface area (Å²) in [5, 5.41) is 5.15. The van der Waals surface area contributed by atoms with Crippen LogP contribution >= 0.6 is 11.3 Å². The Morgan fingerprint density at radius 1 is 1.40 bits per heavy atom. The van der Waals surface area contributed by atoms with Gasteiger partial charge in [0, 0.05) is 30.6 Å². The summed E-state index contributed by atoms with van der Waals surface area (Å²) in [6.07, 6.45) is 9.49. The Morgan fingerprint density at radius 2 is 2.24 bits per heavy atom. The minimum Gasteiger partial charge on any atom is -0.350 e. The molecule has 0 radical (unpaired) electrons. The Morgan fingerprint density at radius 3 is 2.96 bits per heavy atom. The molecule has 2 fully saturated rings. The number of fused-ring (bicyclic) bond motifs is 1. The third-order valence-electron chi connectivity index (χ3n) is 5.94. The van der Waals surface area contributed by atoms with Crippen molar-refractivity contribution in [2.45, 2.75) is 51.9 Å². The van der Waals surface area contributed by atoms with Gasteiger partial charge in [0.05, 0.1) is 4.88 Å². The molecule has 4 nitrogen and oxygen atoms in total. The van der Waals surface area contributed by atoms with Gasteiger partial charge in [-0.3, -0.25) is 9.59 Å². The summed E-state index contributed by atoms with van der Waals surface area (Å²) in [6, 6.07) is 1.99. The standard InChI is InChI=1S/C20H26N2O2S/c1-14-8-11-25-18(14)19(24)21-13-20-9-3-2-4-16(20)22(12-15-5-6-15)17(23)7-10-20/h4,8,11,15H,2-3,5-7,9-10,12-13H2,1H3,(H,21,24). The number of thiophene rings is 1. The molecular weight excluding hydrogens is 332 g/mol. The van der Waals surface area contributed by atoms with Gasteiger partial charge in [0.1, 0.15) is 0 Å². The van der Waals surface area contributed by atoms with Crippen molar-refractivity contribution in [1.82, 2.24) is 10.2 Å². The summed E-state index contributed by atoms with van der Waals surface area (Å²) in [5.41, 5.74) is 2.18. The van der Waals surface area contributed by atoms with Gasteiger partial charge in [-0.25, -0.2) is 0 Å². The number of carbonyl (C=O) groups is 2. The number of amides is 2. The second kappa shape index (κ2) is 6.60. The highest BCUT2D eigenvalue weighted by Gasteiger charge is 2.45. The van der Waals surface area contributed by atoms with Crippen LogP contribution in [0.25, 0.3) is 0 Å². The van der Waals surface area contributed by atoms with Crippen LogP contribution in [-0.4, -0.2) is 29.8 Å². The average molecular weight is 359 g/mol. The van der Waals surface area contributed by atoms with Crippen LogP contribution in [0, 0.1) is 18.3 Å². The van der Waals surface area contributed by atoms with Crippen molar-refractivity contribution in [1.29, 1.82) is 0 Å². The van der Waals surface area contributed by atoms with Gasteiger partial charge in [-0.15, -0.1) is 11.3 Å². The zero-order valence-electron chi connectivity index (χ0n) is 14.8. The first kappa shape index (κ1) is 16.8. The van der Waals surface area contributed by atoms with Crippen LogP contribution in [0.5, 0.6) is 0 Å². The fourth-order valence-electron chi connectivity index (χ4n) is 4.25. The number of allylic oxidation sites excluding steroid dienone is 1. The van der Waals surface area contributed by atoms with Crippen molar-refractivity contribution in [2.75, 3.05) is 13.1 Å². The summed E-state index contributed by atoms with van der Waals surface area (Å²) >= 11 is 1.50. The number of carbonyl (C=O) groups excluding carboxylic acids is 2. The largest absolute Gasteiger partial charge is 0.350 e. The molecule has 1 saturated heterocycles. The van der Waals surface area contributed by atoms with E-state index in [4.69, 9.17) is 0 Å². The van der Waals surface area contributed by atoms with Crippen molar-refractivity contribution >= 4 is 23.2 Å². The molecule has 2 heterocycles. The van der Waals surface area contributed by atoms with E-state index in [-0.39, 0.29) is 17.2 Å². The van der Waals surface area contributed by atoms with Crippen LogP contribution in [0.4, 0.5) is 0 Å². The third kappa shape index (κ3) is 3.26. The van der Waals surface area contributed by atoms with Crippen LogP contribution in [0.2, 0.25) is 0 Å². The lowest BCUT2D eigenvalue weighted by atomic mass is 9.69. The molecular formula is C20H26N2O2S. The zero-order valence-corrected chi connectivity index (χ0v) is 15.7. The maximum absolute atomic E-state index is 12.6. The summed E-state index contributed by atoms with van der Waals surface area (Å²) in [6.45, 7) is 3.50. The van der Waals surface area contributed by atoms with E-state index in [0.717, 1.165) is 42.7 Å². The topological polar surface area (TPSA) is 49.4 Å². The summed E-state index contributed by atoms with van der Waals surface area (Å²) in [7, 11) is 0. The second-order valence-corrected chi connectivity index (χ2v) is 8.74. The van der Waals surface area contributed by atoms with Gasteiger partial charge < -0.3 is 10.2 Å². The summed E-state index contributed by atoms with van der Waals surface area (Å²) < 4.78 is 0. The molecule has 1 saturated carbocycles. The molecule has 25 heavy (non-hydrogen) atoms. The number of piperidine rings is 1. The van der Waals surface area contributed by atoms with Crippen LogP contribution in [0.15, 0.2) is 23.2 Å². The number of likely N-dealkylation sites (tertiary alicyclic amines) is 1. The zero-order chi connectivity index (χ0) is 17.4. The van der Waals surface area contributed by atoms with Gasteiger partial charge in [0.25, 0.3) is 5.91 Å². The smallest absolute Gasteiger partial charge is 0.261 e. The first-order valence-electron chi connectivity index (χ1n) is 9.42. The van der Waals surface area contributed by atoms with Crippen molar-refractivity contribution in [2.24, 2.45) is 11.3 Å². The molecule has 3 aliphatic rings. The summed E-state index contributed by atoms with van der Waals surface area (Å²) in [5.74, 6) is 0.986. The number of rotatable bonds is 5. The van der Waals surface area contributed by atoms with Gasteiger partial charge in [0.2, 0.25) is 5.91 Å². The highest BCUT2D eigenvalue weighted by Crippen LogP contribution is 2.47. The fourth-order valence-corrected chi connectivity index (χ4v) is 5.09. The van der Waals surface area contributed by atoms with E-state index in [9.17, 15) is 9.59 Å². The monoisotopic (exact) mass is 358 g/mol. The van der Waals surface area contributed by atoms with Gasteiger partial charge in [0.15, 0.2) is 0 Å². The SMILES string of the molecule is Cc1ccsc1C(=O)NCC12CCCC=C1N(CC1CC1)C(=O)CC2. The molecule has 2 aliphatic carbocycles. The molecule has 134 valence electrons. The molecule has 1 aliphatic heterocycles. The maximum atomic E-state index is 12.6. The first-order valence-corrected chi connectivity index (χ1v) is 10.3. The van der Waals surface area contributed by atoms with Crippen molar-refractivity contribution in [3.63, 3.8) is 0 Å². The fraction of sp³-hybridized carbons (Fsp3) is 0.600. The van der Waals surface area contributed by atoms with E-state index in [1.165, 1.54) is 29.9 Å². The van der Waals surface area contributed by atoms with Gasteiger partial charge in [-0.05, 0) is 68.4 Å². The minimum absolute atomic E-state index is 0.0254. The molecule has 1 atom stereocenters. The number of aryl methyl sites for hydroxylation is 1. The van der Waals surface area contributed by atoms with Crippen molar-refractivity contribution < 1.29 is 9.59 Å². The normalized spacial score (nSPS) is 26.2. The lowest BCUT2D eigenvalue weighted by Crippen LogP contribution is -2.51. The molecule has 0 spiro atoms. The molecule has 1 N–H and O–H groups in total. The van der Waals surface area contributed by atoms with Crippen molar-refractivity contribution in [3.05, 3.63) is 33.7 Å². The number of nitrogens with zero attached hydrogens (tertiary/aromatic N) is 1. The molecule has 0 aromatic carbocycles. The Balaban J connectivity index is 1.52. The van der Waals surface area contributed by atoms with E-state index in [0.29, 0.717) is 18.9 Å². The highest BCUT2D eigenvalue weighted by molar-refractivity contribution is 7.12. The lowest BCUT2D eigenvalue weighted by molar-refractivity contribution is -0.134. The molecule has 1 unspecified atom stereocenters. The van der Waals surface area contributed by atoms with E-state index in [1.807, 2.05) is 18.4 Å². The third-order valence-corrected chi connectivity index (χ3v) is 6.96. The van der Waals surface area contributed by atoms with Gasteiger partial charge in [-0.1, -0.05) is 6.08 Å². The molecule has 5 heteroatoms. The average Bonchev–Trinajstić information content (AvgIpc) is 3.34. The van der Waals surface area contributed by atoms with E-state index < -0.39 is 0 Å². The molecule has 1 aromatic heterocycles. The van der Waals surface area contributed by atoms with Crippen LogP contribution in [0.1, 0.15) is 60.2 Å².